The van der Waals surface area contributed by atoms with Gasteiger partial charge in [0.1, 0.15) is 5.75 Å². The third kappa shape index (κ3) is 5.28. The van der Waals surface area contributed by atoms with Gasteiger partial charge in [0.25, 0.3) is 0 Å². The number of amides is 1. The van der Waals surface area contributed by atoms with Crippen LogP contribution in [0.5, 0.6) is 5.75 Å². The summed E-state index contributed by atoms with van der Waals surface area (Å²) < 4.78 is 0. The molecule has 0 spiro atoms. The van der Waals surface area contributed by atoms with Gasteiger partial charge >= 0.3 is 0 Å². The minimum absolute atomic E-state index is 0. The summed E-state index contributed by atoms with van der Waals surface area (Å²) in [6, 6.07) is 3.29. The Morgan fingerprint density at radius 2 is 1.95 bits per heavy atom. The number of aryl methyl sites for hydroxylation is 1. The van der Waals surface area contributed by atoms with Crippen LogP contribution < -0.4 is 5.73 Å². The van der Waals surface area contributed by atoms with Crippen molar-refractivity contribution in [2.24, 2.45) is 5.73 Å². The quantitative estimate of drug-likeness (QED) is 0.656. The molecular formula is C14H18ClN3O4. The van der Waals surface area contributed by atoms with Gasteiger partial charge in [0.05, 0.1) is 24.5 Å². The lowest BCUT2D eigenvalue weighted by Gasteiger charge is -2.07. The molecule has 0 saturated heterocycles. The third-order valence-corrected chi connectivity index (χ3v) is 2.70. The highest BCUT2D eigenvalue weighted by Crippen LogP contribution is 2.23. The van der Waals surface area contributed by atoms with Gasteiger partial charge < -0.3 is 21.1 Å². The zero-order valence-electron chi connectivity index (χ0n) is 11.9. The number of nitrogens with zero attached hydrogens (tertiary/aromatic N) is 2. The number of aliphatic hydroxyl groups excluding tert-OH is 2. The zero-order valence-corrected chi connectivity index (χ0v) is 12.7. The Morgan fingerprint density at radius 3 is 2.36 bits per heavy atom. The van der Waals surface area contributed by atoms with Gasteiger partial charge in [-0.1, -0.05) is 0 Å². The Hall–Kier alpha value is -2.22. The van der Waals surface area contributed by atoms with E-state index in [0.717, 1.165) is 0 Å². The monoisotopic (exact) mass is 327 g/mol. The highest BCUT2D eigenvalue weighted by molar-refractivity contribution is 5.92. The minimum atomic E-state index is -0.442. The van der Waals surface area contributed by atoms with Gasteiger partial charge in [0.2, 0.25) is 5.91 Å². The van der Waals surface area contributed by atoms with Crippen molar-refractivity contribution in [3.8, 4) is 5.75 Å². The molecule has 1 amide bonds. The number of carbonyl (C=O) groups excluding carboxylic acids is 1. The first-order valence-corrected chi connectivity index (χ1v) is 6.09. The van der Waals surface area contributed by atoms with Crippen molar-refractivity contribution < 1.29 is 20.1 Å². The van der Waals surface area contributed by atoms with Crippen molar-refractivity contribution in [2.75, 3.05) is 0 Å². The molecule has 0 bridgehead atoms. The van der Waals surface area contributed by atoms with Gasteiger partial charge in [0, 0.05) is 29.7 Å². The first-order chi connectivity index (χ1) is 10.0. The molecule has 0 aliphatic heterocycles. The predicted molar refractivity (Wildman–Crippen MR) is 82.5 cm³/mol. The summed E-state index contributed by atoms with van der Waals surface area (Å²) in [5, 5.41) is 27.0. The number of hydrogen-bond donors (Lipinski definition) is 4. The van der Waals surface area contributed by atoms with Crippen molar-refractivity contribution in [3.05, 3.63) is 53.1 Å². The largest absolute Gasteiger partial charge is 0.506 e. The molecule has 2 aromatic heterocycles. The number of aromatic hydroxyl groups is 1. The Labute approximate surface area is 133 Å². The number of halogens is 1. The number of primary amides is 1. The van der Waals surface area contributed by atoms with Gasteiger partial charge in [-0.05, 0) is 19.1 Å². The van der Waals surface area contributed by atoms with Crippen molar-refractivity contribution in [1.82, 2.24) is 9.97 Å². The van der Waals surface area contributed by atoms with Gasteiger partial charge in [-0.25, -0.2) is 0 Å². The van der Waals surface area contributed by atoms with Crippen LogP contribution in [0.15, 0.2) is 30.7 Å². The van der Waals surface area contributed by atoms with Crippen LogP contribution in [0, 0.1) is 6.92 Å². The molecular weight excluding hydrogens is 310 g/mol. The zero-order chi connectivity index (χ0) is 15.8. The van der Waals surface area contributed by atoms with E-state index in [1.54, 1.807) is 25.3 Å². The topological polar surface area (TPSA) is 130 Å². The van der Waals surface area contributed by atoms with Crippen LogP contribution in [0.4, 0.5) is 0 Å². The van der Waals surface area contributed by atoms with E-state index < -0.39 is 5.91 Å². The molecule has 22 heavy (non-hydrogen) atoms. The van der Waals surface area contributed by atoms with Crippen molar-refractivity contribution in [1.29, 1.82) is 0 Å². The van der Waals surface area contributed by atoms with E-state index >= 15 is 0 Å². The number of pyridine rings is 2. The average molecular weight is 328 g/mol. The molecule has 0 unspecified atom stereocenters. The lowest BCUT2D eigenvalue weighted by molar-refractivity contribution is 0.1000. The van der Waals surface area contributed by atoms with Gasteiger partial charge in [-0.15, -0.1) is 12.4 Å². The molecule has 120 valence electrons. The molecule has 5 N–H and O–H groups in total. The van der Waals surface area contributed by atoms with Crippen LogP contribution in [0.1, 0.15) is 27.2 Å². The summed E-state index contributed by atoms with van der Waals surface area (Å²) in [6.45, 7) is 1.12. The molecule has 0 aliphatic rings. The van der Waals surface area contributed by atoms with Crippen molar-refractivity contribution >= 4 is 18.3 Å². The van der Waals surface area contributed by atoms with Gasteiger partial charge in [0.15, 0.2) is 0 Å². The molecule has 2 rings (SSSR count). The highest BCUT2D eigenvalue weighted by Gasteiger charge is 2.09. The summed E-state index contributed by atoms with van der Waals surface area (Å²) in [4.78, 5) is 17.9. The van der Waals surface area contributed by atoms with E-state index in [-0.39, 0.29) is 31.4 Å². The predicted octanol–water partition coefficient (Wildman–Crippen LogP) is 0.683. The van der Waals surface area contributed by atoms with E-state index in [0.29, 0.717) is 22.4 Å². The second-order valence-electron chi connectivity index (χ2n) is 4.12. The average Bonchev–Trinajstić information content (AvgIpc) is 2.51. The summed E-state index contributed by atoms with van der Waals surface area (Å²) in [7, 11) is 0. The van der Waals surface area contributed by atoms with E-state index in [1.807, 2.05) is 0 Å². The lowest BCUT2D eigenvalue weighted by atomic mass is 10.1. The smallest absolute Gasteiger partial charge is 0.250 e. The number of nitrogens with two attached hydrogens (primary N) is 1. The van der Waals surface area contributed by atoms with Crippen LogP contribution in [-0.4, -0.2) is 31.2 Å². The number of carbonyl (C=O) groups is 1. The normalized spacial score (nSPS) is 9.23. The van der Waals surface area contributed by atoms with Crippen LogP contribution in [-0.2, 0) is 13.2 Å². The fourth-order valence-corrected chi connectivity index (χ4v) is 1.51. The minimum Gasteiger partial charge on any atom is -0.506 e. The number of aromatic nitrogens is 2. The molecule has 0 radical (unpaired) electrons. The maximum absolute atomic E-state index is 10.4. The summed E-state index contributed by atoms with van der Waals surface area (Å²) in [6.07, 6.45) is 4.47. The SMILES string of the molecule is Cc1ncc(CO)c(CO)c1O.Cl.NC(=O)c1cccnc1. The van der Waals surface area contributed by atoms with Crippen molar-refractivity contribution in [3.63, 3.8) is 0 Å². The maximum Gasteiger partial charge on any atom is 0.250 e. The van der Waals surface area contributed by atoms with Crippen LogP contribution >= 0.6 is 12.4 Å². The van der Waals surface area contributed by atoms with Crippen LogP contribution in [0.3, 0.4) is 0 Å². The van der Waals surface area contributed by atoms with E-state index in [9.17, 15) is 9.90 Å². The Bertz CT molecular complexity index is 609. The second-order valence-corrected chi connectivity index (χ2v) is 4.12. The molecule has 7 nitrogen and oxygen atoms in total. The molecule has 0 fully saturated rings. The van der Waals surface area contributed by atoms with E-state index in [2.05, 4.69) is 9.97 Å². The molecule has 0 saturated carbocycles. The summed E-state index contributed by atoms with van der Waals surface area (Å²) in [5.41, 5.74) is 6.64. The molecule has 2 heterocycles. The second kappa shape index (κ2) is 9.67. The summed E-state index contributed by atoms with van der Waals surface area (Å²) >= 11 is 0. The third-order valence-electron chi connectivity index (χ3n) is 2.70. The van der Waals surface area contributed by atoms with Crippen molar-refractivity contribution in [2.45, 2.75) is 20.1 Å². The van der Waals surface area contributed by atoms with Crippen LogP contribution in [0.2, 0.25) is 0 Å². The van der Waals surface area contributed by atoms with Gasteiger partial charge in [-0.2, -0.15) is 0 Å². The number of rotatable bonds is 3. The molecule has 8 heteroatoms. The highest BCUT2D eigenvalue weighted by atomic mass is 35.5. The molecule has 0 aromatic carbocycles. The Kier molecular flexibility index (Phi) is 8.69. The first-order valence-electron chi connectivity index (χ1n) is 6.09. The first kappa shape index (κ1) is 19.8. The Morgan fingerprint density at radius 1 is 1.27 bits per heavy atom. The maximum atomic E-state index is 10.4. The molecule has 0 atom stereocenters. The van der Waals surface area contributed by atoms with Gasteiger partial charge in [-0.3, -0.25) is 14.8 Å². The molecule has 0 aliphatic carbocycles. The van der Waals surface area contributed by atoms with Crippen LogP contribution in [0.25, 0.3) is 0 Å². The summed E-state index contributed by atoms with van der Waals surface area (Å²) in [5.74, 6) is -0.479. The fourth-order valence-electron chi connectivity index (χ4n) is 1.51. The Balaban J connectivity index is 0.000000397. The van der Waals surface area contributed by atoms with E-state index in [4.69, 9.17) is 15.9 Å². The number of hydrogen-bond acceptors (Lipinski definition) is 6. The van der Waals surface area contributed by atoms with E-state index in [1.165, 1.54) is 12.4 Å². The fraction of sp³-hybridized carbons (Fsp3) is 0.214. The number of aliphatic hydroxyl groups is 2. The molecule has 2 aromatic rings. The standard InChI is InChI=1S/C8H11NO3.C6H6N2O.ClH/c1-5-8(12)7(4-11)6(3-10)2-9-5;7-6(9)5-2-1-3-8-4-5;/h2,10-12H,3-4H2,1H3;1-4H,(H2,7,9);1H. The lowest BCUT2D eigenvalue weighted by Crippen LogP contribution is -2.10.